The molecule has 1 aliphatic heterocycles. The minimum Gasteiger partial charge on any atom is -0.494 e. The number of nitrogens with zero attached hydrogens (tertiary/aromatic N) is 1. The first-order valence-corrected chi connectivity index (χ1v) is 11.8. The monoisotopic (exact) mass is 508 g/mol. The molecule has 0 saturated heterocycles. The molecule has 3 aromatic rings. The van der Waals surface area contributed by atoms with Crippen molar-refractivity contribution in [2.45, 2.75) is 25.7 Å². The van der Waals surface area contributed by atoms with Crippen LogP contribution in [0.3, 0.4) is 0 Å². The van der Waals surface area contributed by atoms with Gasteiger partial charge in [-0.25, -0.2) is 4.79 Å². The molecule has 2 N–H and O–H groups in total. The lowest BCUT2D eigenvalue weighted by Gasteiger charge is -2.27. The molecule has 0 spiro atoms. The molecule has 0 radical (unpaired) electrons. The molecule has 35 heavy (non-hydrogen) atoms. The Hall–Kier alpha value is -3.66. The predicted molar refractivity (Wildman–Crippen MR) is 134 cm³/mol. The summed E-state index contributed by atoms with van der Waals surface area (Å²) in [6, 6.07) is 19.0. The number of carbonyl (C=O) groups excluding carboxylic acids is 1. The number of nitriles is 1. The van der Waals surface area contributed by atoms with E-state index in [1.54, 1.807) is 60.7 Å². The van der Waals surface area contributed by atoms with Crippen LogP contribution in [0.15, 0.2) is 72.1 Å². The van der Waals surface area contributed by atoms with E-state index < -0.39 is 11.9 Å². The van der Waals surface area contributed by atoms with E-state index in [2.05, 4.69) is 13.0 Å². The Bertz CT molecular complexity index is 1350. The SMILES string of the molecule is CCCCOc1cccc(C(=O)Oc2ccc3c(c2)OC(N)=C(C#N)C3c2ccc(Cl)c(Cl)c2)c1. The van der Waals surface area contributed by atoms with Gasteiger partial charge >= 0.3 is 5.97 Å². The van der Waals surface area contributed by atoms with Crippen LogP contribution in [-0.4, -0.2) is 12.6 Å². The average molecular weight is 509 g/mol. The van der Waals surface area contributed by atoms with Crippen LogP contribution < -0.4 is 19.9 Å². The van der Waals surface area contributed by atoms with Crippen molar-refractivity contribution < 1.29 is 19.0 Å². The van der Waals surface area contributed by atoms with Gasteiger partial charge in [0.2, 0.25) is 5.88 Å². The van der Waals surface area contributed by atoms with E-state index in [9.17, 15) is 10.1 Å². The summed E-state index contributed by atoms with van der Waals surface area (Å²) in [6.07, 6.45) is 1.95. The third-order valence-corrected chi connectivity index (χ3v) is 6.25. The van der Waals surface area contributed by atoms with Crippen LogP contribution in [0.2, 0.25) is 10.0 Å². The lowest BCUT2D eigenvalue weighted by Crippen LogP contribution is -2.21. The summed E-state index contributed by atoms with van der Waals surface area (Å²) < 4.78 is 17.0. The molecule has 0 bridgehead atoms. The van der Waals surface area contributed by atoms with E-state index in [0.29, 0.717) is 39.3 Å². The topological polar surface area (TPSA) is 94.6 Å². The Morgan fingerprint density at radius 1 is 1.09 bits per heavy atom. The molecule has 0 aromatic heterocycles. The Balaban J connectivity index is 1.60. The second-order valence-electron chi connectivity index (χ2n) is 7.92. The van der Waals surface area contributed by atoms with Gasteiger partial charge in [-0.2, -0.15) is 5.26 Å². The van der Waals surface area contributed by atoms with Crippen molar-refractivity contribution in [3.8, 4) is 23.3 Å². The highest BCUT2D eigenvalue weighted by atomic mass is 35.5. The number of ether oxygens (including phenoxy) is 3. The molecule has 1 atom stereocenters. The predicted octanol–water partition coefficient (Wildman–Crippen LogP) is 6.61. The fourth-order valence-corrected chi connectivity index (χ4v) is 4.05. The zero-order valence-electron chi connectivity index (χ0n) is 18.9. The number of allylic oxidation sites excluding steroid dienone is 1. The van der Waals surface area contributed by atoms with Gasteiger partial charge in [-0.15, -0.1) is 0 Å². The van der Waals surface area contributed by atoms with Crippen LogP contribution in [0.1, 0.15) is 47.2 Å². The molecule has 8 heteroatoms. The van der Waals surface area contributed by atoms with Crippen molar-refractivity contribution >= 4 is 29.2 Å². The largest absolute Gasteiger partial charge is 0.494 e. The lowest BCUT2D eigenvalue weighted by molar-refractivity contribution is 0.0734. The van der Waals surface area contributed by atoms with Gasteiger partial charge in [-0.1, -0.05) is 54.7 Å². The van der Waals surface area contributed by atoms with Gasteiger partial charge in [0.25, 0.3) is 0 Å². The normalized spacial score (nSPS) is 14.5. The smallest absolute Gasteiger partial charge is 0.343 e. The fraction of sp³-hybridized carbons (Fsp3) is 0.185. The Morgan fingerprint density at radius 2 is 1.91 bits per heavy atom. The van der Waals surface area contributed by atoms with E-state index in [1.165, 1.54) is 0 Å². The van der Waals surface area contributed by atoms with Crippen LogP contribution in [0.25, 0.3) is 0 Å². The number of hydrogen-bond acceptors (Lipinski definition) is 6. The number of carbonyl (C=O) groups is 1. The summed E-state index contributed by atoms with van der Waals surface area (Å²) in [5, 5.41) is 10.5. The molecule has 1 heterocycles. The standard InChI is InChI=1S/C27H22Cl2N2O4/c1-2-3-11-33-18-6-4-5-17(12-18)27(32)34-19-8-9-20-24(14-19)35-26(31)21(15-30)25(20)16-7-10-22(28)23(29)13-16/h4-10,12-14,25H,2-3,11,31H2,1H3. The third kappa shape index (κ3) is 5.37. The third-order valence-electron chi connectivity index (χ3n) is 5.51. The molecular formula is C27H22Cl2N2O4. The molecule has 0 aliphatic carbocycles. The lowest BCUT2D eigenvalue weighted by atomic mass is 9.83. The first kappa shape index (κ1) is 24.5. The van der Waals surface area contributed by atoms with E-state index in [4.69, 9.17) is 43.1 Å². The summed E-state index contributed by atoms with van der Waals surface area (Å²) in [5.74, 6) is 0.167. The second-order valence-corrected chi connectivity index (χ2v) is 8.73. The number of unbranched alkanes of at least 4 members (excludes halogenated alkanes) is 1. The number of rotatable bonds is 7. The van der Waals surface area contributed by atoms with Crippen molar-refractivity contribution in [2.75, 3.05) is 6.61 Å². The van der Waals surface area contributed by atoms with Gasteiger partial charge in [-0.3, -0.25) is 0 Å². The van der Waals surface area contributed by atoms with Crippen LogP contribution >= 0.6 is 23.2 Å². The molecule has 6 nitrogen and oxygen atoms in total. The minimum absolute atomic E-state index is 0.0310. The van der Waals surface area contributed by atoms with Gasteiger partial charge in [0.15, 0.2) is 0 Å². The molecule has 0 fully saturated rings. The maximum absolute atomic E-state index is 12.8. The number of esters is 1. The fourth-order valence-electron chi connectivity index (χ4n) is 3.75. The van der Waals surface area contributed by atoms with Gasteiger partial charge in [-0.05, 0) is 48.4 Å². The summed E-state index contributed by atoms with van der Waals surface area (Å²) >= 11 is 12.3. The second kappa shape index (κ2) is 10.7. The first-order chi connectivity index (χ1) is 16.9. The molecule has 1 aliphatic rings. The highest BCUT2D eigenvalue weighted by Gasteiger charge is 2.31. The first-order valence-electron chi connectivity index (χ1n) is 11.0. The maximum atomic E-state index is 12.8. The molecule has 3 aromatic carbocycles. The zero-order valence-corrected chi connectivity index (χ0v) is 20.4. The summed E-state index contributed by atoms with van der Waals surface area (Å²) in [4.78, 5) is 12.8. The Morgan fingerprint density at radius 3 is 2.66 bits per heavy atom. The van der Waals surface area contributed by atoms with E-state index in [0.717, 1.165) is 18.4 Å². The van der Waals surface area contributed by atoms with E-state index in [1.807, 2.05) is 0 Å². The van der Waals surface area contributed by atoms with Crippen LogP contribution in [-0.2, 0) is 0 Å². The molecular weight excluding hydrogens is 487 g/mol. The number of hydrogen-bond donors (Lipinski definition) is 1. The molecule has 0 amide bonds. The van der Waals surface area contributed by atoms with Gasteiger partial charge in [0, 0.05) is 11.6 Å². The van der Waals surface area contributed by atoms with Crippen molar-refractivity contribution in [3.63, 3.8) is 0 Å². The van der Waals surface area contributed by atoms with Crippen molar-refractivity contribution in [1.29, 1.82) is 5.26 Å². The highest BCUT2D eigenvalue weighted by molar-refractivity contribution is 6.42. The van der Waals surface area contributed by atoms with E-state index in [-0.39, 0.29) is 17.2 Å². The van der Waals surface area contributed by atoms with Crippen LogP contribution in [0.5, 0.6) is 17.2 Å². The van der Waals surface area contributed by atoms with E-state index >= 15 is 0 Å². The average Bonchev–Trinajstić information content (AvgIpc) is 2.85. The minimum atomic E-state index is -0.538. The summed E-state index contributed by atoms with van der Waals surface area (Å²) in [5.41, 5.74) is 8.08. The van der Waals surface area contributed by atoms with Gasteiger partial charge < -0.3 is 19.9 Å². The molecule has 1 unspecified atom stereocenters. The molecule has 0 saturated carbocycles. The number of benzene rings is 3. The summed E-state index contributed by atoms with van der Waals surface area (Å²) in [6.45, 7) is 2.66. The van der Waals surface area contributed by atoms with Crippen LogP contribution in [0.4, 0.5) is 0 Å². The summed E-state index contributed by atoms with van der Waals surface area (Å²) in [7, 11) is 0. The Kier molecular flexibility index (Phi) is 7.50. The quantitative estimate of drug-likeness (QED) is 0.219. The number of halogens is 2. The molecule has 4 rings (SSSR count). The van der Waals surface area contributed by atoms with Crippen molar-refractivity contribution in [2.24, 2.45) is 5.73 Å². The van der Waals surface area contributed by atoms with Crippen LogP contribution in [0, 0.1) is 11.3 Å². The highest BCUT2D eigenvalue weighted by Crippen LogP contribution is 2.44. The maximum Gasteiger partial charge on any atom is 0.343 e. The number of nitrogens with two attached hydrogens (primary N) is 1. The number of fused-ring (bicyclic) bond motifs is 1. The van der Waals surface area contributed by atoms with Crippen molar-refractivity contribution in [1.82, 2.24) is 0 Å². The molecule has 178 valence electrons. The van der Waals surface area contributed by atoms with Gasteiger partial charge in [0.1, 0.15) is 28.9 Å². The van der Waals surface area contributed by atoms with Gasteiger partial charge in [0.05, 0.1) is 28.1 Å². The van der Waals surface area contributed by atoms with Crippen molar-refractivity contribution in [3.05, 3.63) is 98.9 Å². The zero-order chi connectivity index (χ0) is 24.9. The Labute approximate surface area is 213 Å².